The van der Waals surface area contributed by atoms with Crippen LogP contribution in [0.3, 0.4) is 0 Å². The van der Waals surface area contributed by atoms with Gasteiger partial charge in [0.1, 0.15) is 11.5 Å². The van der Waals surface area contributed by atoms with E-state index >= 15 is 0 Å². The lowest BCUT2D eigenvalue weighted by Crippen LogP contribution is -2.00. The van der Waals surface area contributed by atoms with Crippen molar-refractivity contribution in [2.45, 2.75) is 6.92 Å². The summed E-state index contributed by atoms with van der Waals surface area (Å²) >= 11 is 0. The van der Waals surface area contributed by atoms with Gasteiger partial charge in [-0.2, -0.15) is 5.10 Å². The maximum atomic E-state index is 13.3. The van der Waals surface area contributed by atoms with Gasteiger partial charge in [0.2, 0.25) is 0 Å². The fourth-order valence-corrected chi connectivity index (χ4v) is 1.54. The molecule has 0 saturated carbocycles. The third kappa shape index (κ3) is 2.29. The number of nitro groups is 1. The summed E-state index contributed by atoms with van der Waals surface area (Å²) in [7, 11) is 1.73. The molecule has 0 amide bonds. The summed E-state index contributed by atoms with van der Waals surface area (Å²) in [6.07, 6.45) is 1.70. The van der Waals surface area contributed by atoms with Gasteiger partial charge in [-0.1, -0.05) is 0 Å². The Morgan fingerprint density at radius 1 is 1.50 bits per heavy atom. The smallest absolute Gasteiger partial charge is 0.295 e. The second-order valence-electron chi connectivity index (χ2n) is 3.88. The molecular formula is C11H11FN4O2. The van der Waals surface area contributed by atoms with Crippen molar-refractivity contribution in [3.63, 3.8) is 0 Å². The van der Waals surface area contributed by atoms with Gasteiger partial charge in [-0.15, -0.1) is 0 Å². The van der Waals surface area contributed by atoms with Crippen LogP contribution in [0.5, 0.6) is 0 Å². The number of aryl methyl sites for hydroxylation is 2. The van der Waals surface area contributed by atoms with Gasteiger partial charge >= 0.3 is 0 Å². The van der Waals surface area contributed by atoms with Crippen molar-refractivity contribution in [3.05, 3.63) is 45.9 Å². The van der Waals surface area contributed by atoms with E-state index in [1.54, 1.807) is 30.9 Å². The van der Waals surface area contributed by atoms with Gasteiger partial charge in [-0.25, -0.2) is 4.39 Å². The first-order chi connectivity index (χ1) is 8.47. The fourth-order valence-electron chi connectivity index (χ4n) is 1.54. The van der Waals surface area contributed by atoms with Crippen LogP contribution in [0, 0.1) is 22.9 Å². The minimum atomic E-state index is -0.631. The minimum absolute atomic E-state index is 0.220. The van der Waals surface area contributed by atoms with Crippen LogP contribution in [0.1, 0.15) is 5.56 Å². The summed E-state index contributed by atoms with van der Waals surface area (Å²) in [6.45, 7) is 1.54. The lowest BCUT2D eigenvalue weighted by Gasteiger charge is -2.06. The molecule has 2 rings (SSSR count). The molecular weight excluding hydrogens is 239 g/mol. The molecule has 0 radical (unpaired) electrons. The van der Waals surface area contributed by atoms with E-state index in [9.17, 15) is 14.5 Å². The van der Waals surface area contributed by atoms with E-state index < -0.39 is 10.7 Å². The van der Waals surface area contributed by atoms with Crippen LogP contribution in [-0.4, -0.2) is 14.7 Å². The average molecular weight is 250 g/mol. The van der Waals surface area contributed by atoms with E-state index in [2.05, 4.69) is 10.4 Å². The third-order valence-electron chi connectivity index (χ3n) is 2.45. The Kier molecular flexibility index (Phi) is 2.97. The number of halogens is 1. The van der Waals surface area contributed by atoms with Gasteiger partial charge in [0.05, 0.1) is 11.0 Å². The van der Waals surface area contributed by atoms with Crippen molar-refractivity contribution in [2.24, 2.45) is 7.05 Å². The van der Waals surface area contributed by atoms with Crippen molar-refractivity contribution in [2.75, 3.05) is 5.32 Å². The zero-order chi connectivity index (χ0) is 13.3. The molecule has 2 aromatic rings. The Balaban J connectivity index is 2.42. The summed E-state index contributed by atoms with van der Waals surface area (Å²) in [5.41, 5.74) is 0.236. The standard InChI is InChI=1S/C11H11FN4O2/c1-7-5-9(10(16(17)18)6-8(7)12)13-11-3-4-15(2)14-11/h3-6H,1-2H3,(H,13,14). The van der Waals surface area contributed by atoms with Crippen LogP contribution in [0.4, 0.5) is 21.6 Å². The molecule has 0 spiro atoms. The number of hydrogen-bond acceptors (Lipinski definition) is 4. The summed E-state index contributed by atoms with van der Waals surface area (Å²) in [6, 6.07) is 3.96. The molecule has 0 aliphatic heterocycles. The van der Waals surface area contributed by atoms with Gasteiger partial charge < -0.3 is 5.32 Å². The molecule has 6 nitrogen and oxygen atoms in total. The lowest BCUT2D eigenvalue weighted by atomic mass is 10.2. The minimum Gasteiger partial charge on any atom is -0.333 e. The number of anilines is 2. The van der Waals surface area contributed by atoms with Crippen molar-refractivity contribution >= 4 is 17.2 Å². The Labute approximate surface area is 102 Å². The molecule has 18 heavy (non-hydrogen) atoms. The predicted octanol–water partition coefficient (Wildman–Crippen LogP) is 2.52. The van der Waals surface area contributed by atoms with Crippen LogP contribution in [0.25, 0.3) is 0 Å². The van der Waals surface area contributed by atoms with Crippen LogP contribution in [-0.2, 0) is 7.05 Å². The van der Waals surface area contributed by atoms with Crippen LogP contribution in [0.2, 0.25) is 0 Å². The highest BCUT2D eigenvalue weighted by molar-refractivity contribution is 5.68. The number of benzene rings is 1. The largest absolute Gasteiger partial charge is 0.333 e. The van der Waals surface area contributed by atoms with E-state index in [1.165, 1.54) is 6.07 Å². The van der Waals surface area contributed by atoms with E-state index in [4.69, 9.17) is 0 Å². The van der Waals surface area contributed by atoms with Gasteiger partial charge in [-0.3, -0.25) is 14.8 Å². The summed E-state index contributed by atoms with van der Waals surface area (Å²) < 4.78 is 14.9. The Bertz CT molecular complexity index is 609. The van der Waals surface area contributed by atoms with Crippen molar-refractivity contribution in [3.8, 4) is 0 Å². The molecule has 0 aliphatic carbocycles. The van der Waals surface area contributed by atoms with E-state index in [-0.39, 0.29) is 11.4 Å². The van der Waals surface area contributed by atoms with Gasteiger partial charge in [-0.05, 0) is 18.6 Å². The molecule has 0 fully saturated rings. The lowest BCUT2D eigenvalue weighted by molar-refractivity contribution is -0.384. The Morgan fingerprint density at radius 2 is 2.22 bits per heavy atom. The number of aromatic nitrogens is 2. The number of nitro benzene ring substituents is 1. The number of rotatable bonds is 3. The molecule has 1 heterocycles. The first-order valence-corrected chi connectivity index (χ1v) is 5.18. The maximum Gasteiger partial charge on any atom is 0.295 e. The maximum absolute atomic E-state index is 13.3. The monoisotopic (exact) mass is 250 g/mol. The van der Waals surface area contributed by atoms with Gasteiger partial charge in [0.25, 0.3) is 5.69 Å². The molecule has 1 aromatic carbocycles. The first-order valence-electron chi connectivity index (χ1n) is 5.18. The van der Waals surface area contributed by atoms with E-state index in [0.717, 1.165) is 6.07 Å². The second kappa shape index (κ2) is 4.44. The highest BCUT2D eigenvalue weighted by atomic mass is 19.1. The molecule has 0 atom stereocenters. The molecule has 1 aromatic heterocycles. The van der Waals surface area contributed by atoms with Gasteiger partial charge in [0.15, 0.2) is 5.82 Å². The zero-order valence-electron chi connectivity index (χ0n) is 9.85. The van der Waals surface area contributed by atoms with Crippen LogP contribution >= 0.6 is 0 Å². The number of hydrogen-bond donors (Lipinski definition) is 1. The van der Waals surface area contributed by atoms with E-state index in [0.29, 0.717) is 11.4 Å². The molecule has 7 heteroatoms. The quantitative estimate of drug-likeness (QED) is 0.671. The normalized spacial score (nSPS) is 10.4. The molecule has 94 valence electrons. The Morgan fingerprint density at radius 3 is 2.78 bits per heavy atom. The number of nitrogens with one attached hydrogen (secondary N) is 1. The molecule has 0 unspecified atom stereocenters. The molecule has 0 aliphatic rings. The Hall–Kier alpha value is -2.44. The highest BCUT2D eigenvalue weighted by Crippen LogP contribution is 2.29. The third-order valence-corrected chi connectivity index (χ3v) is 2.45. The average Bonchev–Trinajstić information content (AvgIpc) is 2.68. The summed E-state index contributed by atoms with van der Waals surface area (Å²) in [5.74, 6) is -0.139. The zero-order valence-corrected chi connectivity index (χ0v) is 9.85. The van der Waals surface area contributed by atoms with Gasteiger partial charge in [0, 0.05) is 19.3 Å². The summed E-state index contributed by atoms with van der Waals surface area (Å²) in [4.78, 5) is 10.2. The van der Waals surface area contributed by atoms with Crippen molar-refractivity contribution < 1.29 is 9.31 Å². The molecule has 0 saturated heterocycles. The predicted molar refractivity (Wildman–Crippen MR) is 64.3 cm³/mol. The fraction of sp³-hybridized carbons (Fsp3) is 0.182. The van der Waals surface area contributed by atoms with Crippen LogP contribution in [0.15, 0.2) is 24.4 Å². The first kappa shape index (κ1) is 12.0. The van der Waals surface area contributed by atoms with E-state index in [1.807, 2.05) is 0 Å². The molecule has 0 bridgehead atoms. The second-order valence-corrected chi connectivity index (χ2v) is 3.88. The number of nitrogens with zero attached hydrogens (tertiary/aromatic N) is 3. The van der Waals surface area contributed by atoms with Crippen molar-refractivity contribution in [1.82, 2.24) is 9.78 Å². The SMILES string of the molecule is Cc1cc(Nc2ccn(C)n2)c([N+](=O)[O-])cc1F. The summed E-state index contributed by atoms with van der Waals surface area (Å²) in [5, 5.41) is 17.7. The topological polar surface area (TPSA) is 73.0 Å². The highest BCUT2D eigenvalue weighted by Gasteiger charge is 2.17. The van der Waals surface area contributed by atoms with Crippen molar-refractivity contribution in [1.29, 1.82) is 0 Å². The molecule has 1 N–H and O–H groups in total. The van der Waals surface area contributed by atoms with Crippen LogP contribution < -0.4 is 5.32 Å².